The van der Waals surface area contributed by atoms with Gasteiger partial charge in [-0.15, -0.1) is 0 Å². The van der Waals surface area contributed by atoms with Crippen LogP contribution in [0.3, 0.4) is 0 Å². The van der Waals surface area contributed by atoms with Gasteiger partial charge in [-0.3, -0.25) is 4.98 Å². The van der Waals surface area contributed by atoms with Gasteiger partial charge in [0.05, 0.1) is 5.52 Å². The molecule has 1 fully saturated rings. The summed E-state index contributed by atoms with van der Waals surface area (Å²) in [5.41, 5.74) is 2.75. The van der Waals surface area contributed by atoms with E-state index in [-0.39, 0.29) is 18.0 Å². The van der Waals surface area contributed by atoms with Crippen LogP contribution in [0.2, 0.25) is 0 Å². The first-order valence-corrected chi connectivity index (χ1v) is 9.50. The average molecular weight is 380 g/mol. The van der Waals surface area contributed by atoms with Crippen molar-refractivity contribution in [2.75, 3.05) is 31.9 Å². The number of rotatable bonds is 4. The van der Waals surface area contributed by atoms with E-state index in [0.717, 1.165) is 55.2 Å². The molecule has 3 aromatic rings. The third-order valence-corrected chi connectivity index (χ3v) is 5.76. The van der Waals surface area contributed by atoms with Crippen LogP contribution in [0.1, 0.15) is 18.4 Å². The summed E-state index contributed by atoms with van der Waals surface area (Å²) in [7, 11) is 0. The number of anilines is 1. The highest BCUT2D eigenvalue weighted by atomic mass is 19.1. The number of nitrogens with one attached hydrogen (secondary N) is 1. The molecule has 6 heteroatoms. The van der Waals surface area contributed by atoms with Gasteiger partial charge in [0.2, 0.25) is 6.79 Å². The number of halogens is 1. The van der Waals surface area contributed by atoms with Crippen molar-refractivity contribution in [3.05, 3.63) is 60.0 Å². The molecule has 3 heterocycles. The summed E-state index contributed by atoms with van der Waals surface area (Å²) in [5, 5.41) is 4.51. The summed E-state index contributed by atoms with van der Waals surface area (Å²) < 4.78 is 30.2. The minimum atomic E-state index is -0.279. The van der Waals surface area contributed by atoms with Crippen LogP contribution in [0.5, 0.6) is 11.5 Å². The first-order chi connectivity index (χ1) is 13.7. The molecular weight excluding hydrogens is 359 g/mol. The van der Waals surface area contributed by atoms with Gasteiger partial charge in [-0.1, -0.05) is 6.07 Å². The standard InChI is InChI=1S/C22H21FN2O3/c23-16-2-3-17-18(5-8-24-19(17)12-16)25-13-22(6-9-26-10-7-22)15-1-4-20-21(11-15)28-14-27-20/h1-5,8,11-12H,6-7,9-10,13-14H2,(H,24,25). The lowest BCUT2D eigenvalue weighted by atomic mass is 9.74. The third kappa shape index (κ3) is 3.03. The molecule has 5 rings (SSSR count). The summed E-state index contributed by atoms with van der Waals surface area (Å²) in [6.07, 6.45) is 3.54. The summed E-state index contributed by atoms with van der Waals surface area (Å²) in [5.74, 6) is 1.31. The summed E-state index contributed by atoms with van der Waals surface area (Å²) in [6, 6.07) is 12.8. The molecule has 1 aromatic heterocycles. The number of fused-ring (bicyclic) bond motifs is 2. The molecular formula is C22H21FN2O3. The molecule has 1 N–H and O–H groups in total. The van der Waals surface area contributed by atoms with Crippen molar-refractivity contribution in [1.82, 2.24) is 4.98 Å². The fourth-order valence-corrected chi connectivity index (χ4v) is 4.10. The van der Waals surface area contributed by atoms with E-state index < -0.39 is 0 Å². The first-order valence-electron chi connectivity index (χ1n) is 9.50. The number of aromatic nitrogens is 1. The summed E-state index contributed by atoms with van der Waals surface area (Å²) >= 11 is 0. The monoisotopic (exact) mass is 380 g/mol. The number of hydrogen-bond donors (Lipinski definition) is 1. The van der Waals surface area contributed by atoms with E-state index >= 15 is 0 Å². The zero-order chi connectivity index (χ0) is 19.0. The van der Waals surface area contributed by atoms with Crippen LogP contribution in [0, 0.1) is 5.82 Å². The molecule has 0 bridgehead atoms. The van der Waals surface area contributed by atoms with Crippen LogP contribution in [-0.2, 0) is 10.2 Å². The van der Waals surface area contributed by atoms with Crippen molar-refractivity contribution < 1.29 is 18.6 Å². The van der Waals surface area contributed by atoms with E-state index in [2.05, 4.69) is 22.4 Å². The van der Waals surface area contributed by atoms with Crippen molar-refractivity contribution in [3.63, 3.8) is 0 Å². The quantitative estimate of drug-likeness (QED) is 0.733. The van der Waals surface area contributed by atoms with Gasteiger partial charge >= 0.3 is 0 Å². The fourth-order valence-electron chi connectivity index (χ4n) is 4.10. The van der Waals surface area contributed by atoms with Gasteiger partial charge in [0.15, 0.2) is 11.5 Å². The van der Waals surface area contributed by atoms with Gasteiger partial charge in [-0.25, -0.2) is 4.39 Å². The van der Waals surface area contributed by atoms with Crippen LogP contribution >= 0.6 is 0 Å². The SMILES string of the molecule is Fc1ccc2c(NCC3(c4ccc5c(c4)OCO5)CCOCC3)ccnc2c1. The first kappa shape index (κ1) is 17.3. The van der Waals surface area contributed by atoms with Gasteiger partial charge in [-0.05, 0) is 48.7 Å². The second-order valence-electron chi connectivity index (χ2n) is 7.33. The molecule has 0 atom stereocenters. The maximum Gasteiger partial charge on any atom is 0.231 e. The largest absolute Gasteiger partial charge is 0.454 e. The van der Waals surface area contributed by atoms with Crippen molar-refractivity contribution in [1.29, 1.82) is 0 Å². The molecule has 144 valence electrons. The molecule has 2 aliphatic heterocycles. The second-order valence-corrected chi connectivity index (χ2v) is 7.33. The molecule has 2 aliphatic rings. The molecule has 0 amide bonds. The zero-order valence-corrected chi connectivity index (χ0v) is 15.4. The van der Waals surface area contributed by atoms with Gasteiger partial charge in [-0.2, -0.15) is 0 Å². The van der Waals surface area contributed by atoms with E-state index in [1.54, 1.807) is 12.3 Å². The van der Waals surface area contributed by atoms with E-state index in [4.69, 9.17) is 14.2 Å². The highest BCUT2D eigenvalue weighted by Gasteiger charge is 2.35. The molecule has 2 aromatic carbocycles. The van der Waals surface area contributed by atoms with Crippen molar-refractivity contribution in [2.45, 2.75) is 18.3 Å². The summed E-state index contributed by atoms with van der Waals surface area (Å²) in [6.45, 7) is 2.45. The minimum absolute atomic E-state index is 0.0745. The Bertz CT molecular complexity index is 1020. The van der Waals surface area contributed by atoms with Crippen LogP contribution < -0.4 is 14.8 Å². The molecule has 0 aliphatic carbocycles. The molecule has 0 saturated carbocycles. The molecule has 1 saturated heterocycles. The Labute approximate surface area is 162 Å². The van der Waals surface area contributed by atoms with Crippen LogP contribution in [0.4, 0.5) is 10.1 Å². The molecule has 0 spiro atoms. The van der Waals surface area contributed by atoms with Crippen molar-refractivity contribution >= 4 is 16.6 Å². The minimum Gasteiger partial charge on any atom is -0.454 e. The van der Waals surface area contributed by atoms with Crippen molar-refractivity contribution in [3.8, 4) is 11.5 Å². The van der Waals surface area contributed by atoms with Crippen molar-refractivity contribution in [2.24, 2.45) is 0 Å². The maximum absolute atomic E-state index is 13.5. The van der Waals surface area contributed by atoms with Crippen LogP contribution in [0.15, 0.2) is 48.7 Å². The normalized spacial score (nSPS) is 17.6. The number of nitrogens with zero attached hydrogens (tertiary/aromatic N) is 1. The Morgan fingerprint density at radius 2 is 1.86 bits per heavy atom. The van der Waals surface area contributed by atoms with E-state index in [1.807, 2.05) is 12.1 Å². The number of ether oxygens (including phenoxy) is 3. The highest BCUT2D eigenvalue weighted by molar-refractivity contribution is 5.91. The number of pyridine rings is 1. The van der Waals surface area contributed by atoms with Gasteiger partial charge in [0.1, 0.15) is 5.82 Å². The Hall–Kier alpha value is -2.86. The Balaban J connectivity index is 1.47. The topological polar surface area (TPSA) is 52.6 Å². The highest BCUT2D eigenvalue weighted by Crippen LogP contribution is 2.41. The van der Waals surface area contributed by atoms with Gasteiger partial charge in [0, 0.05) is 48.5 Å². The van der Waals surface area contributed by atoms with E-state index in [9.17, 15) is 4.39 Å². The predicted octanol–water partition coefficient (Wildman–Crippen LogP) is 4.26. The molecule has 0 radical (unpaired) electrons. The van der Waals surface area contributed by atoms with E-state index in [0.29, 0.717) is 5.52 Å². The zero-order valence-electron chi connectivity index (χ0n) is 15.4. The second kappa shape index (κ2) is 6.95. The van der Waals surface area contributed by atoms with Crippen LogP contribution in [0.25, 0.3) is 10.9 Å². The number of hydrogen-bond acceptors (Lipinski definition) is 5. The number of benzene rings is 2. The lowest BCUT2D eigenvalue weighted by molar-refractivity contribution is 0.0543. The van der Waals surface area contributed by atoms with Gasteiger partial charge < -0.3 is 19.5 Å². The third-order valence-electron chi connectivity index (χ3n) is 5.76. The fraction of sp³-hybridized carbons (Fsp3) is 0.318. The molecule has 5 nitrogen and oxygen atoms in total. The maximum atomic E-state index is 13.5. The van der Waals surface area contributed by atoms with Crippen LogP contribution in [-0.4, -0.2) is 31.5 Å². The smallest absolute Gasteiger partial charge is 0.231 e. The predicted molar refractivity (Wildman–Crippen MR) is 104 cm³/mol. The lowest BCUT2D eigenvalue weighted by Crippen LogP contribution is -2.40. The van der Waals surface area contributed by atoms with Gasteiger partial charge in [0.25, 0.3) is 0 Å². The molecule has 28 heavy (non-hydrogen) atoms. The van der Waals surface area contributed by atoms with E-state index in [1.165, 1.54) is 17.7 Å². The average Bonchev–Trinajstić information content (AvgIpc) is 3.20. The Kier molecular flexibility index (Phi) is 4.28. The lowest BCUT2D eigenvalue weighted by Gasteiger charge is -2.38. The Morgan fingerprint density at radius 1 is 1.00 bits per heavy atom. The molecule has 0 unspecified atom stereocenters. The summed E-state index contributed by atoms with van der Waals surface area (Å²) in [4.78, 5) is 4.28. The Morgan fingerprint density at radius 3 is 2.75 bits per heavy atom.